The van der Waals surface area contributed by atoms with E-state index < -0.39 is 0 Å². The predicted octanol–water partition coefficient (Wildman–Crippen LogP) is 4.07. The van der Waals surface area contributed by atoms with Crippen LogP contribution in [-0.2, 0) is 4.79 Å². The second-order valence-corrected chi connectivity index (χ2v) is 8.08. The minimum Gasteiger partial charge on any atom is -0.328 e. The van der Waals surface area contributed by atoms with Gasteiger partial charge < -0.3 is 5.32 Å². The maximum atomic E-state index is 13.3. The molecule has 1 aliphatic carbocycles. The van der Waals surface area contributed by atoms with Crippen molar-refractivity contribution in [3.8, 4) is 0 Å². The van der Waals surface area contributed by atoms with Gasteiger partial charge in [0.2, 0.25) is 5.95 Å². The van der Waals surface area contributed by atoms with Crippen molar-refractivity contribution in [3.05, 3.63) is 83.6 Å². The molecule has 1 aliphatic heterocycles. The zero-order chi connectivity index (χ0) is 20.0. The van der Waals surface area contributed by atoms with Gasteiger partial charge in [-0.2, -0.15) is 10.1 Å². The number of fused-ring (bicyclic) bond motifs is 2. The summed E-state index contributed by atoms with van der Waals surface area (Å²) in [5, 5.41) is 7.73. The Hall–Kier alpha value is -3.28. The van der Waals surface area contributed by atoms with E-state index >= 15 is 0 Å². The van der Waals surface area contributed by atoms with Crippen LogP contribution in [0, 0.1) is 5.92 Å². The number of Topliss-reactive ketones (excluding diaryl/α,β-unsaturated/α-hetero) is 1. The Morgan fingerprint density at radius 3 is 2.69 bits per heavy atom. The molecule has 1 N–H and O–H groups in total. The van der Waals surface area contributed by atoms with E-state index in [1.807, 2.05) is 18.3 Å². The zero-order valence-corrected chi connectivity index (χ0v) is 16.5. The lowest BCUT2D eigenvalue weighted by molar-refractivity contribution is -0.123. The SMILES string of the molecule is CC(C)c1ccc([C@@H]2C=C3Nc4ncnn4[C@H](c4cccnc4)[C@H]3C(=O)C2)cc1. The Morgan fingerprint density at radius 2 is 1.97 bits per heavy atom. The molecule has 5 rings (SSSR count). The standard InChI is InChI=1S/C23H23N5O/c1-14(2)15-5-7-16(8-6-15)18-10-19-21(20(29)11-18)22(17-4-3-9-24-12-17)28-23(27-19)25-13-26-28/h3-10,12-14,18,21-22H,11H2,1-2H3,(H,25,26,27)/t18-,21-,22-/m1/s1. The number of benzene rings is 1. The Kier molecular flexibility index (Phi) is 4.27. The van der Waals surface area contributed by atoms with E-state index in [2.05, 4.69) is 64.6 Å². The van der Waals surface area contributed by atoms with Gasteiger partial charge in [-0.1, -0.05) is 50.3 Å². The lowest BCUT2D eigenvalue weighted by Gasteiger charge is -2.37. The third-order valence-corrected chi connectivity index (χ3v) is 5.95. The Bertz CT molecular complexity index is 1070. The Labute approximate surface area is 169 Å². The summed E-state index contributed by atoms with van der Waals surface area (Å²) in [4.78, 5) is 21.9. The molecule has 0 saturated carbocycles. The van der Waals surface area contributed by atoms with Crippen molar-refractivity contribution >= 4 is 11.7 Å². The molecule has 3 heterocycles. The van der Waals surface area contributed by atoms with Crippen molar-refractivity contribution in [3.63, 3.8) is 0 Å². The second-order valence-electron chi connectivity index (χ2n) is 8.08. The fourth-order valence-electron chi connectivity index (χ4n) is 4.40. The lowest BCUT2D eigenvalue weighted by Crippen LogP contribution is -2.40. The molecule has 29 heavy (non-hydrogen) atoms. The third-order valence-electron chi connectivity index (χ3n) is 5.95. The van der Waals surface area contributed by atoms with E-state index in [1.54, 1.807) is 10.9 Å². The molecule has 0 saturated heterocycles. The largest absolute Gasteiger partial charge is 0.328 e. The number of carbonyl (C=O) groups is 1. The normalized spacial score (nSPS) is 23.2. The topological polar surface area (TPSA) is 72.7 Å². The van der Waals surface area contributed by atoms with Gasteiger partial charge in [0.05, 0.1) is 12.0 Å². The van der Waals surface area contributed by atoms with Crippen LogP contribution in [-0.4, -0.2) is 25.5 Å². The number of ketones is 1. The van der Waals surface area contributed by atoms with Crippen molar-refractivity contribution < 1.29 is 4.79 Å². The minimum absolute atomic E-state index is 0.0616. The summed E-state index contributed by atoms with van der Waals surface area (Å²) < 4.78 is 1.80. The van der Waals surface area contributed by atoms with Crippen LogP contribution >= 0.6 is 0 Å². The molecular formula is C23H23N5O. The summed E-state index contributed by atoms with van der Waals surface area (Å²) in [6, 6.07) is 12.3. The molecule has 0 unspecified atom stereocenters. The number of rotatable bonds is 3. The number of carbonyl (C=O) groups excluding carboxylic acids is 1. The summed E-state index contributed by atoms with van der Waals surface area (Å²) >= 11 is 0. The van der Waals surface area contributed by atoms with Gasteiger partial charge >= 0.3 is 0 Å². The fourth-order valence-corrected chi connectivity index (χ4v) is 4.40. The van der Waals surface area contributed by atoms with Crippen molar-refractivity contribution in [1.82, 2.24) is 19.7 Å². The Balaban J connectivity index is 1.55. The number of allylic oxidation sites excluding steroid dienone is 2. The number of nitrogens with one attached hydrogen (secondary N) is 1. The van der Waals surface area contributed by atoms with Crippen LogP contribution < -0.4 is 5.32 Å². The maximum absolute atomic E-state index is 13.3. The molecule has 0 fully saturated rings. The first-order valence-electron chi connectivity index (χ1n) is 10.0. The van der Waals surface area contributed by atoms with Crippen molar-refractivity contribution in [2.45, 2.75) is 38.1 Å². The van der Waals surface area contributed by atoms with Crippen LogP contribution in [0.1, 0.15) is 54.8 Å². The molecule has 2 aromatic heterocycles. The molecule has 3 atom stereocenters. The highest BCUT2D eigenvalue weighted by Gasteiger charge is 2.43. The lowest BCUT2D eigenvalue weighted by atomic mass is 9.76. The van der Waals surface area contributed by atoms with Gasteiger partial charge in [0, 0.05) is 30.4 Å². The number of pyridine rings is 1. The molecule has 0 spiro atoms. The molecule has 146 valence electrons. The molecule has 1 aromatic carbocycles. The number of aromatic nitrogens is 4. The van der Waals surface area contributed by atoms with Crippen LogP contribution in [0.25, 0.3) is 0 Å². The van der Waals surface area contributed by atoms with Crippen molar-refractivity contribution in [2.75, 3.05) is 5.32 Å². The van der Waals surface area contributed by atoms with Gasteiger partial charge in [0.15, 0.2) is 0 Å². The van der Waals surface area contributed by atoms with Crippen LogP contribution in [0.3, 0.4) is 0 Å². The average Bonchev–Trinajstić information content (AvgIpc) is 3.21. The fraction of sp³-hybridized carbons (Fsp3) is 0.304. The first kappa shape index (κ1) is 17.8. The molecule has 6 nitrogen and oxygen atoms in total. The molecule has 2 aliphatic rings. The second kappa shape index (κ2) is 6.95. The summed E-state index contributed by atoms with van der Waals surface area (Å²) in [6.45, 7) is 4.37. The van der Waals surface area contributed by atoms with Crippen LogP contribution in [0.5, 0.6) is 0 Å². The van der Waals surface area contributed by atoms with Gasteiger partial charge in [-0.15, -0.1) is 0 Å². The van der Waals surface area contributed by atoms with E-state index in [0.29, 0.717) is 18.3 Å². The Morgan fingerprint density at radius 1 is 1.14 bits per heavy atom. The van der Waals surface area contributed by atoms with Crippen LogP contribution in [0.15, 0.2) is 66.9 Å². The van der Waals surface area contributed by atoms with Gasteiger partial charge in [-0.25, -0.2) is 4.68 Å². The highest BCUT2D eigenvalue weighted by atomic mass is 16.1. The molecule has 6 heteroatoms. The monoisotopic (exact) mass is 385 g/mol. The summed E-state index contributed by atoms with van der Waals surface area (Å²) in [5.74, 6) is 1.12. The summed E-state index contributed by atoms with van der Waals surface area (Å²) in [6.07, 6.45) is 7.75. The van der Waals surface area contributed by atoms with Gasteiger partial charge in [-0.05, 0) is 28.7 Å². The molecular weight excluding hydrogens is 362 g/mol. The summed E-state index contributed by atoms with van der Waals surface area (Å²) in [7, 11) is 0. The van der Waals surface area contributed by atoms with Gasteiger partial charge in [-0.3, -0.25) is 9.78 Å². The number of hydrogen-bond acceptors (Lipinski definition) is 5. The van der Waals surface area contributed by atoms with Crippen LogP contribution in [0.4, 0.5) is 5.95 Å². The van der Waals surface area contributed by atoms with Crippen LogP contribution in [0.2, 0.25) is 0 Å². The maximum Gasteiger partial charge on any atom is 0.226 e. The quantitative estimate of drug-likeness (QED) is 0.736. The van der Waals surface area contributed by atoms with Gasteiger partial charge in [0.1, 0.15) is 12.1 Å². The average molecular weight is 385 g/mol. The number of nitrogens with zero attached hydrogens (tertiary/aromatic N) is 4. The molecule has 0 bridgehead atoms. The smallest absolute Gasteiger partial charge is 0.226 e. The third kappa shape index (κ3) is 3.05. The van der Waals surface area contributed by atoms with E-state index in [1.165, 1.54) is 17.5 Å². The number of anilines is 1. The van der Waals surface area contributed by atoms with Gasteiger partial charge in [0.25, 0.3) is 0 Å². The number of hydrogen-bond donors (Lipinski definition) is 1. The van der Waals surface area contributed by atoms with Crippen molar-refractivity contribution in [1.29, 1.82) is 0 Å². The minimum atomic E-state index is -0.306. The van der Waals surface area contributed by atoms with E-state index in [4.69, 9.17) is 0 Å². The van der Waals surface area contributed by atoms with E-state index in [-0.39, 0.29) is 23.7 Å². The molecule has 3 aromatic rings. The molecule has 0 radical (unpaired) electrons. The first-order chi connectivity index (χ1) is 14.1. The predicted molar refractivity (Wildman–Crippen MR) is 110 cm³/mol. The summed E-state index contributed by atoms with van der Waals surface area (Å²) in [5.41, 5.74) is 4.35. The highest BCUT2D eigenvalue weighted by molar-refractivity contribution is 5.88. The zero-order valence-electron chi connectivity index (χ0n) is 16.5. The van der Waals surface area contributed by atoms with Crippen molar-refractivity contribution in [2.24, 2.45) is 5.92 Å². The first-order valence-corrected chi connectivity index (χ1v) is 10.0. The van der Waals surface area contributed by atoms with E-state index in [9.17, 15) is 4.79 Å². The molecule has 0 amide bonds. The van der Waals surface area contributed by atoms with E-state index in [0.717, 1.165) is 11.3 Å². The highest BCUT2D eigenvalue weighted by Crippen LogP contribution is 2.43.